The van der Waals surface area contributed by atoms with Crippen LogP contribution in [0.2, 0.25) is 0 Å². The van der Waals surface area contributed by atoms with Crippen molar-refractivity contribution in [3.8, 4) is 11.5 Å². The minimum Gasteiger partial charge on any atom is -0.421 e. The van der Waals surface area contributed by atoms with Gasteiger partial charge in [0.2, 0.25) is 17.7 Å². The van der Waals surface area contributed by atoms with Gasteiger partial charge >= 0.3 is 0 Å². The summed E-state index contributed by atoms with van der Waals surface area (Å²) >= 11 is 3.08. The summed E-state index contributed by atoms with van der Waals surface area (Å²) in [6.07, 6.45) is 4.09. The van der Waals surface area contributed by atoms with Crippen LogP contribution in [0.25, 0.3) is 21.7 Å². The summed E-state index contributed by atoms with van der Waals surface area (Å²) in [6, 6.07) is 8.24. The molecule has 0 spiro atoms. The number of thiazole rings is 1. The van der Waals surface area contributed by atoms with Crippen molar-refractivity contribution in [2.45, 2.75) is 39.0 Å². The number of nitrogens with zero attached hydrogens (tertiary/aromatic N) is 3. The Morgan fingerprint density at radius 2 is 2.14 bits per heavy atom. The summed E-state index contributed by atoms with van der Waals surface area (Å²) in [5.41, 5.74) is 3.13. The summed E-state index contributed by atoms with van der Waals surface area (Å²) in [5, 5.41) is 15.4. The minimum atomic E-state index is -0.111. The number of anilines is 1. The molecule has 0 atom stereocenters. The van der Waals surface area contributed by atoms with E-state index in [-0.39, 0.29) is 12.3 Å². The van der Waals surface area contributed by atoms with E-state index in [9.17, 15) is 4.79 Å². The van der Waals surface area contributed by atoms with Crippen LogP contribution < -0.4 is 5.32 Å². The van der Waals surface area contributed by atoms with E-state index in [2.05, 4.69) is 39.6 Å². The lowest BCUT2D eigenvalue weighted by atomic mass is 10.1. The fourth-order valence-corrected chi connectivity index (χ4v) is 4.39. The topological polar surface area (TPSA) is 80.9 Å². The van der Waals surface area contributed by atoms with Gasteiger partial charge in [-0.3, -0.25) is 4.79 Å². The number of hydrogen-bond donors (Lipinski definition) is 1. The maximum absolute atomic E-state index is 12.3. The van der Waals surface area contributed by atoms with Crippen molar-refractivity contribution < 1.29 is 9.21 Å². The predicted octanol–water partition coefficient (Wildman–Crippen LogP) is 5.32. The van der Waals surface area contributed by atoms with Gasteiger partial charge in [0, 0.05) is 23.8 Å². The summed E-state index contributed by atoms with van der Waals surface area (Å²) in [5.74, 6) is 0.837. The molecule has 4 rings (SSSR count). The van der Waals surface area contributed by atoms with Crippen LogP contribution in [0.5, 0.6) is 0 Å². The first-order valence-electron chi connectivity index (χ1n) is 9.25. The second-order valence-corrected chi connectivity index (χ2v) is 8.30. The monoisotopic (exact) mass is 412 g/mol. The lowest BCUT2D eigenvalue weighted by Crippen LogP contribution is -2.12. The molecule has 1 amide bonds. The van der Waals surface area contributed by atoms with Crippen LogP contribution in [0.15, 0.2) is 39.4 Å². The van der Waals surface area contributed by atoms with Gasteiger partial charge in [-0.05, 0) is 42.0 Å². The molecule has 3 aromatic heterocycles. The Morgan fingerprint density at radius 1 is 1.21 bits per heavy atom. The lowest BCUT2D eigenvalue weighted by molar-refractivity contribution is -0.116. The van der Waals surface area contributed by atoms with E-state index in [0.29, 0.717) is 23.3 Å². The van der Waals surface area contributed by atoms with Crippen LogP contribution in [0.1, 0.15) is 37.6 Å². The third-order valence-electron chi connectivity index (χ3n) is 4.32. The number of rotatable bonds is 8. The number of hydrogen-bond acceptors (Lipinski definition) is 7. The molecule has 0 fully saturated rings. The van der Waals surface area contributed by atoms with Gasteiger partial charge in [0.1, 0.15) is 0 Å². The third-order valence-corrected chi connectivity index (χ3v) is 5.94. The minimum absolute atomic E-state index is 0.111. The van der Waals surface area contributed by atoms with Crippen molar-refractivity contribution in [3.63, 3.8) is 0 Å². The van der Waals surface area contributed by atoms with Gasteiger partial charge in [0.25, 0.3) is 0 Å². The zero-order chi connectivity index (χ0) is 19.3. The van der Waals surface area contributed by atoms with E-state index >= 15 is 0 Å². The zero-order valence-electron chi connectivity index (χ0n) is 15.5. The van der Waals surface area contributed by atoms with E-state index in [1.165, 1.54) is 29.7 Å². The SMILES string of the molecule is CCCCc1ccc2nc(NC(=O)CCc3nnc(-c4ccsc4)o3)sc2c1. The highest BCUT2D eigenvalue weighted by Gasteiger charge is 2.12. The molecule has 0 aliphatic rings. The number of aromatic nitrogens is 3. The Bertz CT molecular complexity index is 1070. The molecule has 6 nitrogen and oxygen atoms in total. The number of thiophene rings is 1. The van der Waals surface area contributed by atoms with Gasteiger partial charge in [-0.15, -0.1) is 10.2 Å². The first-order valence-corrected chi connectivity index (χ1v) is 11.0. The Hall–Kier alpha value is -2.58. The Balaban J connectivity index is 1.34. The standard InChI is InChI=1S/C20H20N4O2S2/c1-2-3-4-13-5-6-15-16(11-13)28-20(21-15)22-17(25)7-8-18-23-24-19(26-18)14-9-10-27-12-14/h5-6,9-12H,2-4,7-8H2,1H3,(H,21,22,25). The molecule has 0 radical (unpaired) electrons. The third kappa shape index (κ3) is 4.45. The average Bonchev–Trinajstić information content (AvgIpc) is 3.44. The van der Waals surface area contributed by atoms with Gasteiger partial charge in [-0.1, -0.05) is 30.7 Å². The molecule has 1 N–H and O–H groups in total. The fraction of sp³-hybridized carbons (Fsp3) is 0.300. The number of fused-ring (bicyclic) bond motifs is 1. The molecule has 0 saturated carbocycles. The van der Waals surface area contributed by atoms with Crippen molar-refractivity contribution in [3.05, 3.63) is 46.5 Å². The molecular formula is C20H20N4O2S2. The van der Waals surface area contributed by atoms with Crippen LogP contribution in [0.4, 0.5) is 5.13 Å². The summed E-state index contributed by atoms with van der Waals surface area (Å²) < 4.78 is 6.71. The molecule has 0 unspecified atom stereocenters. The van der Waals surface area contributed by atoms with Crippen LogP contribution in [-0.2, 0) is 17.6 Å². The van der Waals surface area contributed by atoms with Gasteiger partial charge in [0.05, 0.1) is 10.2 Å². The highest BCUT2D eigenvalue weighted by atomic mass is 32.1. The smallest absolute Gasteiger partial charge is 0.248 e. The molecule has 8 heteroatoms. The maximum Gasteiger partial charge on any atom is 0.248 e. The fourth-order valence-electron chi connectivity index (χ4n) is 2.82. The summed E-state index contributed by atoms with van der Waals surface area (Å²) in [7, 11) is 0. The highest BCUT2D eigenvalue weighted by Crippen LogP contribution is 2.27. The van der Waals surface area contributed by atoms with Gasteiger partial charge in [-0.2, -0.15) is 11.3 Å². The first kappa shape index (κ1) is 18.8. The summed E-state index contributed by atoms with van der Waals surface area (Å²) in [4.78, 5) is 16.8. The number of carbonyl (C=O) groups excluding carboxylic acids is 1. The van der Waals surface area contributed by atoms with Gasteiger partial charge < -0.3 is 9.73 Å². The molecule has 28 heavy (non-hydrogen) atoms. The molecule has 3 heterocycles. The molecule has 0 aliphatic carbocycles. The molecule has 0 saturated heterocycles. The van der Waals surface area contributed by atoms with E-state index in [4.69, 9.17) is 4.42 Å². The van der Waals surface area contributed by atoms with Gasteiger partial charge in [-0.25, -0.2) is 4.98 Å². The zero-order valence-corrected chi connectivity index (χ0v) is 17.1. The number of amides is 1. The molecule has 144 valence electrons. The van der Waals surface area contributed by atoms with Crippen molar-refractivity contribution in [1.29, 1.82) is 0 Å². The number of unbranched alkanes of at least 4 members (excludes halogenated alkanes) is 1. The lowest BCUT2D eigenvalue weighted by Gasteiger charge is -1.98. The maximum atomic E-state index is 12.3. The van der Waals surface area contributed by atoms with Crippen molar-refractivity contribution >= 4 is 43.9 Å². The quantitative estimate of drug-likeness (QED) is 0.423. The average molecular weight is 413 g/mol. The number of aryl methyl sites for hydroxylation is 2. The number of carbonyl (C=O) groups is 1. The Labute approximate surface area is 170 Å². The Morgan fingerprint density at radius 3 is 2.96 bits per heavy atom. The van der Waals surface area contributed by atoms with Crippen LogP contribution in [-0.4, -0.2) is 21.1 Å². The van der Waals surface area contributed by atoms with Crippen molar-refractivity contribution in [2.24, 2.45) is 0 Å². The predicted molar refractivity (Wildman–Crippen MR) is 113 cm³/mol. The van der Waals surface area contributed by atoms with Crippen LogP contribution >= 0.6 is 22.7 Å². The van der Waals surface area contributed by atoms with E-state index in [1.54, 1.807) is 11.3 Å². The van der Waals surface area contributed by atoms with Crippen LogP contribution in [0, 0.1) is 0 Å². The second kappa shape index (κ2) is 8.62. The van der Waals surface area contributed by atoms with Crippen LogP contribution in [0.3, 0.4) is 0 Å². The van der Waals surface area contributed by atoms with E-state index in [0.717, 1.165) is 22.2 Å². The molecule has 1 aromatic carbocycles. The number of benzene rings is 1. The largest absolute Gasteiger partial charge is 0.421 e. The second-order valence-electron chi connectivity index (χ2n) is 6.49. The van der Waals surface area contributed by atoms with Crippen molar-refractivity contribution in [2.75, 3.05) is 5.32 Å². The molecule has 0 bridgehead atoms. The number of nitrogens with one attached hydrogen (secondary N) is 1. The van der Waals surface area contributed by atoms with Gasteiger partial charge in [0.15, 0.2) is 5.13 Å². The van der Waals surface area contributed by atoms with Crippen molar-refractivity contribution in [1.82, 2.24) is 15.2 Å². The summed E-state index contributed by atoms with van der Waals surface area (Å²) in [6.45, 7) is 2.19. The normalized spacial score (nSPS) is 11.2. The molecular weight excluding hydrogens is 392 g/mol. The first-order chi connectivity index (χ1) is 13.7. The highest BCUT2D eigenvalue weighted by molar-refractivity contribution is 7.22. The molecule has 4 aromatic rings. The van der Waals surface area contributed by atoms with E-state index in [1.807, 2.05) is 22.9 Å². The van der Waals surface area contributed by atoms with E-state index < -0.39 is 0 Å². The Kier molecular flexibility index (Phi) is 5.78. The molecule has 0 aliphatic heterocycles.